The highest BCUT2D eigenvalue weighted by Crippen LogP contribution is 2.26. The topological polar surface area (TPSA) is 57.7 Å². The van der Waals surface area contributed by atoms with Crippen LogP contribution in [-0.2, 0) is 14.6 Å². The van der Waals surface area contributed by atoms with Crippen molar-refractivity contribution in [1.82, 2.24) is 9.80 Å². The van der Waals surface area contributed by atoms with Crippen LogP contribution >= 0.6 is 0 Å². The SMILES string of the molecule is CN1CCN(C(=O)CCC2CCS(=O)(=O)C2)CC1c1ccc(F)cc1. The first-order valence-electron chi connectivity index (χ1n) is 8.78. The van der Waals surface area contributed by atoms with E-state index in [2.05, 4.69) is 4.90 Å². The van der Waals surface area contributed by atoms with Crippen LogP contribution < -0.4 is 0 Å². The molecule has 0 spiro atoms. The number of hydrogen-bond acceptors (Lipinski definition) is 4. The fourth-order valence-corrected chi connectivity index (χ4v) is 5.64. The van der Waals surface area contributed by atoms with Gasteiger partial charge in [-0.25, -0.2) is 12.8 Å². The molecule has 0 N–H and O–H groups in total. The highest BCUT2D eigenvalue weighted by atomic mass is 32.2. The van der Waals surface area contributed by atoms with Crippen molar-refractivity contribution in [3.05, 3.63) is 35.6 Å². The van der Waals surface area contributed by atoms with Gasteiger partial charge in [0.2, 0.25) is 5.91 Å². The third-order valence-corrected chi connectivity index (χ3v) is 7.19. The summed E-state index contributed by atoms with van der Waals surface area (Å²) in [5.74, 6) is 0.425. The van der Waals surface area contributed by atoms with Gasteiger partial charge in [0, 0.05) is 26.1 Å². The Hall–Kier alpha value is -1.47. The van der Waals surface area contributed by atoms with Gasteiger partial charge < -0.3 is 4.90 Å². The predicted octanol–water partition coefficient (Wildman–Crippen LogP) is 1.86. The van der Waals surface area contributed by atoms with Gasteiger partial charge in [-0.3, -0.25) is 9.69 Å². The second-order valence-electron chi connectivity index (χ2n) is 7.20. The van der Waals surface area contributed by atoms with E-state index in [1.807, 2.05) is 11.9 Å². The van der Waals surface area contributed by atoms with Crippen molar-refractivity contribution in [2.75, 3.05) is 38.2 Å². The van der Waals surface area contributed by atoms with Crippen molar-refractivity contribution in [1.29, 1.82) is 0 Å². The monoisotopic (exact) mass is 368 g/mol. The molecule has 1 amide bonds. The molecule has 1 aromatic carbocycles. The van der Waals surface area contributed by atoms with Crippen LogP contribution in [0.3, 0.4) is 0 Å². The minimum absolute atomic E-state index is 0.0603. The first-order chi connectivity index (χ1) is 11.8. The fraction of sp³-hybridized carbons (Fsp3) is 0.611. The molecule has 5 nitrogen and oxygen atoms in total. The molecule has 7 heteroatoms. The van der Waals surface area contributed by atoms with E-state index in [1.54, 1.807) is 12.1 Å². The van der Waals surface area contributed by atoms with Crippen LogP contribution in [0.15, 0.2) is 24.3 Å². The Kier molecular flexibility index (Phi) is 5.43. The molecule has 2 heterocycles. The smallest absolute Gasteiger partial charge is 0.222 e. The van der Waals surface area contributed by atoms with E-state index >= 15 is 0 Å². The Morgan fingerprint density at radius 3 is 2.60 bits per heavy atom. The van der Waals surface area contributed by atoms with Crippen LogP contribution in [0.25, 0.3) is 0 Å². The zero-order valence-electron chi connectivity index (χ0n) is 14.5. The lowest BCUT2D eigenvalue weighted by Gasteiger charge is -2.40. The summed E-state index contributed by atoms with van der Waals surface area (Å²) >= 11 is 0. The Bertz CT molecular complexity index is 720. The van der Waals surface area contributed by atoms with Gasteiger partial charge in [-0.15, -0.1) is 0 Å². The third kappa shape index (κ3) is 4.58. The lowest BCUT2D eigenvalue weighted by atomic mass is 10.0. The molecule has 0 saturated carbocycles. The molecule has 0 radical (unpaired) electrons. The first kappa shape index (κ1) is 18.3. The van der Waals surface area contributed by atoms with Crippen LogP contribution in [0.5, 0.6) is 0 Å². The van der Waals surface area contributed by atoms with E-state index in [0.29, 0.717) is 32.4 Å². The van der Waals surface area contributed by atoms with Gasteiger partial charge >= 0.3 is 0 Å². The molecule has 1 aromatic rings. The second-order valence-corrected chi connectivity index (χ2v) is 9.42. The summed E-state index contributed by atoms with van der Waals surface area (Å²) in [6.45, 7) is 2.03. The molecule has 0 bridgehead atoms. The van der Waals surface area contributed by atoms with Crippen molar-refractivity contribution in [3.63, 3.8) is 0 Å². The quantitative estimate of drug-likeness (QED) is 0.814. The van der Waals surface area contributed by atoms with E-state index in [-0.39, 0.29) is 35.2 Å². The molecule has 0 aliphatic carbocycles. The molecule has 2 aliphatic heterocycles. The molecular weight excluding hydrogens is 343 g/mol. The van der Waals surface area contributed by atoms with Crippen molar-refractivity contribution in [2.24, 2.45) is 5.92 Å². The molecule has 138 valence electrons. The Morgan fingerprint density at radius 1 is 1.24 bits per heavy atom. The molecule has 2 aliphatic rings. The van der Waals surface area contributed by atoms with Crippen molar-refractivity contribution < 1.29 is 17.6 Å². The number of halogens is 1. The number of nitrogens with zero attached hydrogens (tertiary/aromatic N) is 2. The van der Waals surface area contributed by atoms with Crippen molar-refractivity contribution in [3.8, 4) is 0 Å². The van der Waals surface area contributed by atoms with Gasteiger partial charge in [0.1, 0.15) is 5.82 Å². The summed E-state index contributed by atoms with van der Waals surface area (Å²) < 4.78 is 36.2. The fourth-order valence-electron chi connectivity index (χ4n) is 3.73. The lowest BCUT2D eigenvalue weighted by molar-refractivity contribution is -0.134. The second kappa shape index (κ2) is 7.41. The Labute approximate surface area is 148 Å². The van der Waals surface area contributed by atoms with Crippen molar-refractivity contribution >= 4 is 15.7 Å². The third-order valence-electron chi connectivity index (χ3n) is 5.35. The molecule has 2 saturated heterocycles. The van der Waals surface area contributed by atoms with E-state index in [9.17, 15) is 17.6 Å². The number of benzene rings is 1. The van der Waals surface area contributed by atoms with E-state index in [4.69, 9.17) is 0 Å². The van der Waals surface area contributed by atoms with Crippen LogP contribution in [-0.4, -0.2) is 62.3 Å². The summed E-state index contributed by atoms with van der Waals surface area (Å²) in [6.07, 6.45) is 1.72. The van der Waals surface area contributed by atoms with E-state index in [1.165, 1.54) is 12.1 Å². The molecule has 3 rings (SSSR count). The number of likely N-dealkylation sites (N-methyl/N-ethyl adjacent to an activating group) is 1. The molecule has 2 fully saturated rings. The number of piperazine rings is 1. The molecule has 2 atom stereocenters. The van der Waals surface area contributed by atoms with Gasteiger partial charge in [0.05, 0.1) is 17.5 Å². The van der Waals surface area contributed by atoms with E-state index < -0.39 is 9.84 Å². The van der Waals surface area contributed by atoms with E-state index in [0.717, 1.165) is 12.1 Å². The van der Waals surface area contributed by atoms with Gasteiger partial charge in [0.15, 0.2) is 9.84 Å². The maximum absolute atomic E-state index is 13.1. The van der Waals surface area contributed by atoms with Crippen LogP contribution in [0.4, 0.5) is 4.39 Å². The number of carbonyl (C=O) groups is 1. The zero-order valence-corrected chi connectivity index (χ0v) is 15.3. The Balaban J connectivity index is 1.57. The highest BCUT2D eigenvalue weighted by Gasteiger charge is 2.31. The largest absolute Gasteiger partial charge is 0.339 e. The first-order valence-corrected chi connectivity index (χ1v) is 10.6. The number of hydrogen-bond donors (Lipinski definition) is 0. The standard InChI is InChI=1S/C18H25FN2O3S/c1-20-9-10-21(12-17(20)15-3-5-16(19)6-4-15)18(22)7-2-14-8-11-25(23,24)13-14/h3-6,14,17H,2,7-13H2,1H3. The molecule has 25 heavy (non-hydrogen) atoms. The predicted molar refractivity (Wildman–Crippen MR) is 94.3 cm³/mol. The number of amides is 1. The highest BCUT2D eigenvalue weighted by molar-refractivity contribution is 7.91. The summed E-state index contributed by atoms with van der Waals surface area (Å²) in [6, 6.07) is 6.50. The van der Waals surface area contributed by atoms with Gasteiger partial charge in [-0.1, -0.05) is 12.1 Å². The number of sulfone groups is 1. The maximum atomic E-state index is 13.1. The average molecular weight is 368 g/mol. The molecular formula is C18H25FN2O3S. The van der Waals surface area contributed by atoms with Crippen LogP contribution in [0, 0.1) is 11.7 Å². The van der Waals surface area contributed by atoms with Gasteiger partial charge in [-0.05, 0) is 43.5 Å². The van der Waals surface area contributed by atoms with Gasteiger partial charge in [-0.2, -0.15) is 0 Å². The Morgan fingerprint density at radius 2 is 1.96 bits per heavy atom. The lowest BCUT2D eigenvalue weighted by Crippen LogP contribution is -2.49. The normalized spacial score (nSPS) is 26.7. The molecule has 0 aromatic heterocycles. The zero-order chi connectivity index (χ0) is 18.0. The number of rotatable bonds is 4. The van der Waals surface area contributed by atoms with Crippen LogP contribution in [0.1, 0.15) is 30.9 Å². The summed E-state index contributed by atoms with van der Waals surface area (Å²) in [5, 5.41) is 0. The molecule has 2 unspecified atom stereocenters. The summed E-state index contributed by atoms with van der Waals surface area (Å²) in [7, 11) is -0.873. The minimum Gasteiger partial charge on any atom is -0.339 e. The van der Waals surface area contributed by atoms with Gasteiger partial charge in [0.25, 0.3) is 0 Å². The number of carbonyl (C=O) groups excluding carboxylic acids is 1. The average Bonchev–Trinajstić information content (AvgIpc) is 2.93. The van der Waals surface area contributed by atoms with Crippen LogP contribution in [0.2, 0.25) is 0 Å². The maximum Gasteiger partial charge on any atom is 0.222 e. The summed E-state index contributed by atoms with van der Waals surface area (Å²) in [5.41, 5.74) is 1.00. The summed E-state index contributed by atoms with van der Waals surface area (Å²) in [4.78, 5) is 16.6. The van der Waals surface area contributed by atoms with Crippen molar-refractivity contribution in [2.45, 2.75) is 25.3 Å². The minimum atomic E-state index is -2.89.